The molecule has 0 aliphatic heterocycles. The molecule has 0 saturated heterocycles. The third-order valence-corrected chi connectivity index (χ3v) is 4.14. The van der Waals surface area contributed by atoms with Crippen LogP contribution in [0, 0.1) is 0 Å². The topological polar surface area (TPSA) is 50.4 Å². The molecule has 1 aliphatic rings. The van der Waals surface area contributed by atoms with Crippen molar-refractivity contribution in [1.82, 2.24) is 5.43 Å². The number of amidine groups is 1. The van der Waals surface area contributed by atoms with E-state index in [-0.39, 0.29) is 0 Å². The van der Waals surface area contributed by atoms with E-state index in [1.54, 1.807) is 0 Å². The first-order chi connectivity index (χ1) is 8.20. The second kappa shape index (κ2) is 5.98. The molecule has 1 saturated carbocycles. The van der Waals surface area contributed by atoms with Gasteiger partial charge in [-0.05, 0) is 31.0 Å². The van der Waals surface area contributed by atoms with E-state index in [2.05, 4.69) is 37.3 Å². The van der Waals surface area contributed by atoms with E-state index in [0.29, 0.717) is 6.04 Å². The van der Waals surface area contributed by atoms with Gasteiger partial charge in [-0.2, -0.15) is 0 Å². The summed E-state index contributed by atoms with van der Waals surface area (Å²) in [7, 11) is 0. The highest BCUT2D eigenvalue weighted by atomic mass is 79.9. The number of rotatable bonds is 2. The van der Waals surface area contributed by atoms with Gasteiger partial charge in [-0.3, -0.25) is 4.99 Å². The molecule has 0 amide bonds. The van der Waals surface area contributed by atoms with E-state index in [4.69, 9.17) is 10.8 Å². The average molecular weight is 361 g/mol. The SMILES string of the molecule is NNC(=NC1CCCC1)c1cc(Br)ccc1Br. The molecule has 0 bridgehead atoms. The molecule has 0 radical (unpaired) electrons. The Morgan fingerprint density at radius 1 is 1.29 bits per heavy atom. The minimum Gasteiger partial charge on any atom is -0.308 e. The first-order valence-electron chi connectivity index (χ1n) is 5.70. The first-order valence-corrected chi connectivity index (χ1v) is 7.29. The molecule has 3 nitrogen and oxygen atoms in total. The third kappa shape index (κ3) is 3.30. The van der Waals surface area contributed by atoms with Gasteiger partial charge >= 0.3 is 0 Å². The van der Waals surface area contributed by atoms with Crippen LogP contribution in [0.2, 0.25) is 0 Å². The predicted octanol–water partition coefficient (Wildman–Crippen LogP) is 3.36. The molecule has 1 aliphatic carbocycles. The lowest BCUT2D eigenvalue weighted by Gasteiger charge is -2.11. The fourth-order valence-corrected chi connectivity index (χ4v) is 2.87. The monoisotopic (exact) mass is 359 g/mol. The van der Waals surface area contributed by atoms with Crippen LogP contribution in [-0.2, 0) is 0 Å². The van der Waals surface area contributed by atoms with E-state index >= 15 is 0 Å². The molecule has 1 aromatic carbocycles. The maximum absolute atomic E-state index is 5.58. The molecule has 1 fully saturated rings. The van der Waals surface area contributed by atoms with Gasteiger partial charge in [0.05, 0.1) is 6.04 Å². The van der Waals surface area contributed by atoms with E-state index in [0.717, 1.165) is 33.2 Å². The van der Waals surface area contributed by atoms with Gasteiger partial charge in [-0.25, -0.2) is 5.84 Å². The summed E-state index contributed by atoms with van der Waals surface area (Å²) in [5.74, 6) is 6.34. The zero-order valence-electron chi connectivity index (χ0n) is 9.42. The number of nitrogens with zero attached hydrogens (tertiary/aromatic N) is 1. The molecular weight excluding hydrogens is 346 g/mol. The molecule has 0 heterocycles. The standard InChI is InChI=1S/C12H15Br2N3/c13-8-5-6-11(14)10(7-8)12(17-15)16-9-3-1-2-4-9/h5-7,9H,1-4,15H2,(H,16,17). The summed E-state index contributed by atoms with van der Waals surface area (Å²) in [6.45, 7) is 0. The van der Waals surface area contributed by atoms with Gasteiger partial charge in [-0.15, -0.1) is 0 Å². The van der Waals surface area contributed by atoms with Crippen LogP contribution in [0.3, 0.4) is 0 Å². The smallest absolute Gasteiger partial charge is 0.143 e. The van der Waals surface area contributed by atoms with Gasteiger partial charge in [0, 0.05) is 14.5 Å². The lowest BCUT2D eigenvalue weighted by Crippen LogP contribution is -2.32. The Morgan fingerprint density at radius 3 is 2.65 bits per heavy atom. The van der Waals surface area contributed by atoms with Crippen LogP contribution in [0.25, 0.3) is 0 Å². The highest BCUT2D eigenvalue weighted by Gasteiger charge is 2.16. The molecule has 17 heavy (non-hydrogen) atoms. The van der Waals surface area contributed by atoms with Gasteiger partial charge < -0.3 is 5.43 Å². The molecule has 0 atom stereocenters. The average Bonchev–Trinajstić information content (AvgIpc) is 2.82. The van der Waals surface area contributed by atoms with Gasteiger partial charge in [0.15, 0.2) is 0 Å². The van der Waals surface area contributed by atoms with Crippen LogP contribution < -0.4 is 11.3 Å². The Hall–Kier alpha value is -0.390. The van der Waals surface area contributed by atoms with E-state index in [1.807, 2.05) is 18.2 Å². The molecule has 3 N–H and O–H groups in total. The summed E-state index contributed by atoms with van der Waals surface area (Å²) in [5.41, 5.74) is 3.71. The van der Waals surface area contributed by atoms with Crippen LogP contribution >= 0.6 is 31.9 Å². The maximum atomic E-state index is 5.58. The summed E-state index contributed by atoms with van der Waals surface area (Å²) < 4.78 is 2.01. The fourth-order valence-electron chi connectivity index (χ4n) is 2.08. The second-order valence-electron chi connectivity index (χ2n) is 4.18. The van der Waals surface area contributed by atoms with Crippen molar-refractivity contribution >= 4 is 37.7 Å². The summed E-state index contributed by atoms with van der Waals surface area (Å²) >= 11 is 6.99. The molecule has 0 aromatic heterocycles. The molecule has 1 aromatic rings. The number of hydrazine groups is 1. The van der Waals surface area contributed by atoms with Crippen LogP contribution in [-0.4, -0.2) is 11.9 Å². The summed E-state index contributed by atoms with van der Waals surface area (Å²) in [4.78, 5) is 4.70. The quantitative estimate of drug-likeness (QED) is 0.367. The molecule has 0 spiro atoms. The van der Waals surface area contributed by atoms with Gasteiger partial charge in [0.25, 0.3) is 0 Å². The van der Waals surface area contributed by atoms with Crippen LogP contribution in [0.4, 0.5) is 0 Å². The van der Waals surface area contributed by atoms with Gasteiger partial charge in [0.1, 0.15) is 5.84 Å². The molecule has 2 rings (SSSR count). The summed E-state index contributed by atoms with van der Waals surface area (Å²) in [6, 6.07) is 6.39. The Balaban J connectivity index is 2.30. The fraction of sp³-hybridized carbons (Fsp3) is 0.417. The van der Waals surface area contributed by atoms with Crippen molar-refractivity contribution in [3.8, 4) is 0 Å². The van der Waals surface area contributed by atoms with Crippen molar-refractivity contribution in [1.29, 1.82) is 0 Å². The summed E-state index contributed by atoms with van der Waals surface area (Å²) in [5, 5.41) is 0. The first kappa shape index (κ1) is 13.1. The number of hydrogen-bond acceptors (Lipinski definition) is 2. The van der Waals surface area contributed by atoms with Crippen LogP contribution in [0.15, 0.2) is 32.1 Å². The zero-order valence-corrected chi connectivity index (χ0v) is 12.6. The highest BCUT2D eigenvalue weighted by Crippen LogP contribution is 2.25. The number of benzene rings is 1. The molecule has 5 heteroatoms. The van der Waals surface area contributed by atoms with E-state index < -0.39 is 0 Å². The minimum atomic E-state index is 0.409. The van der Waals surface area contributed by atoms with Crippen molar-refractivity contribution in [2.45, 2.75) is 31.7 Å². The van der Waals surface area contributed by atoms with E-state index in [9.17, 15) is 0 Å². The Kier molecular flexibility index (Phi) is 4.59. The highest BCUT2D eigenvalue weighted by molar-refractivity contribution is 9.11. The molecular formula is C12H15Br2N3. The van der Waals surface area contributed by atoms with E-state index in [1.165, 1.54) is 12.8 Å². The van der Waals surface area contributed by atoms with Crippen molar-refractivity contribution in [2.75, 3.05) is 0 Å². The number of halogens is 2. The van der Waals surface area contributed by atoms with Gasteiger partial charge in [0.2, 0.25) is 0 Å². The normalized spacial score (nSPS) is 17.5. The minimum absolute atomic E-state index is 0.409. The van der Waals surface area contributed by atoms with Crippen molar-refractivity contribution < 1.29 is 0 Å². The number of hydrogen-bond donors (Lipinski definition) is 2. The zero-order chi connectivity index (χ0) is 12.3. The Labute approximate surface area is 118 Å². The number of aliphatic imine (C=N–C) groups is 1. The number of nitrogens with one attached hydrogen (secondary N) is 1. The number of nitrogens with two attached hydrogens (primary N) is 1. The predicted molar refractivity (Wildman–Crippen MR) is 78.0 cm³/mol. The lowest BCUT2D eigenvalue weighted by atomic mass is 10.2. The summed E-state index contributed by atoms with van der Waals surface area (Å²) in [6.07, 6.45) is 4.87. The Bertz CT molecular complexity index is 426. The van der Waals surface area contributed by atoms with Crippen LogP contribution in [0.5, 0.6) is 0 Å². The third-order valence-electron chi connectivity index (χ3n) is 2.96. The van der Waals surface area contributed by atoms with Crippen molar-refractivity contribution in [3.05, 3.63) is 32.7 Å². The van der Waals surface area contributed by atoms with Crippen molar-refractivity contribution in [3.63, 3.8) is 0 Å². The molecule has 92 valence electrons. The van der Waals surface area contributed by atoms with Gasteiger partial charge in [-0.1, -0.05) is 44.7 Å². The van der Waals surface area contributed by atoms with Crippen LogP contribution in [0.1, 0.15) is 31.2 Å². The van der Waals surface area contributed by atoms with Crippen molar-refractivity contribution in [2.24, 2.45) is 10.8 Å². The maximum Gasteiger partial charge on any atom is 0.143 e. The Morgan fingerprint density at radius 2 is 2.00 bits per heavy atom. The molecule has 0 unspecified atom stereocenters. The second-order valence-corrected chi connectivity index (χ2v) is 5.95. The largest absolute Gasteiger partial charge is 0.308 e. The lowest BCUT2D eigenvalue weighted by molar-refractivity contribution is 0.700.